The maximum absolute atomic E-state index is 11.1. The van der Waals surface area contributed by atoms with Gasteiger partial charge in [-0.2, -0.15) is 8.42 Å². The molecule has 0 bridgehead atoms. The first-order chi connectivity index (χ1) is 15.9. The Kier molecular flexibility index (Phi) is 5.90. The Labute approximate surface area is 196 Å². The van der Waals surface area contributed by atoms with Crippen LogP contribution in [0.1, 0.15) is 37.4 Å². The number of fused-ring (bicyclic) bond motifs is 7. The highest BCUT2D eigenvalue weighted by Crippen LogP contribution is 2.50. The summed E-state index contributed by atoms with van der Waals surface area (Å²) in [5, 5.41) is 3.51. The van der Waals surface area contributed by atoms with E-state index in [9.17, 15) is 8.42 Å². The number of benzene rings is 2. The summed E-state index contributed by atoms with van der Waals surface area (Å²) in [4.78, 5) is 20.8. The molecule has 0 saturated carbocycles. The lowest BCUT2D eigenvalue weighted by Gasteiger charge is -2.25. The van der Waals surface area contributed by atoms with Gasteiger partial charge < -0.3 is 5.32 Å². The molecule has 10 heteroatoms. The third-order valence-electron chi connectivity index (χ3n) is 5.62. The molecule has 2 N–H and O–H groups in total. The number of hydrogen-bond donors (Lipinski definition) is 2. The van der Waals surface area contributed by atoms with Crippen LogP contribution in [0.25, 0.3) is 22.1 Å². The third-order valence-corrected chi connectivity index (χ3v) is 7.71. The standard InChI is InChI=1S/C23H23N5O3S2/c1-2-3-8-15-13-26-20-19(27-15)17-18(25-11-10-24-17)21-23(20)32-22-14(6-4-9-16(22)28-21)7-5-12-33(29,30)31/h4,6,9-11,13,28H,2-3,5,7-8,12H2,1H3,(H,29,30,31). The Morgan fingerprint density at radius 1 is 0.970 bits per heavy atom. The van der Waals surface area contributed by atoms with E-state index < -0.39 is 10.1 Å². The minimum atomic E-state index is -3.98. The van der Waals surface area contributed by atoms with Crippen LogP contribution in [0.15, 0.2) is 46.6 Å². The summed E-state index contributed by atoms with van der Waals surface area (Å²) in [7, 11) is -3.98. The molecule has 170 valence electrons. The molecule has 33 heavy (non-hydrogen) atoms. The van der Waals surface area contributed by atoms with Crippen LogP contribution in [-0.4, -0.2) is 38.7 Å². The zero-order chi connectivity index (χ0) is 23.0. The average molecular weight is 482 g/mol. The third kappa shape index (κ3) is 4.38. The second kappa shape index (κ2) is 8.85. The van der Waals surface area contributed by atoms with E-state index in [-0.39, 0.29) is 5.75 Å². The fourth-order valence-electron chi connectivity index (χ4n) is 4.05. The molecule has 2 aromatic carbocycles. The van der Waals surface area contributed by atoms with Crippen LogP contribution in [0, 0.1) is 0 Å². The van der Waals surface area contributed by atoms with Crippen molar-refractivity contribution in [2.75, 3.05) is 11.1 Å². The van der Waals surface area contributed by atoms with Gasteiger partial charge in [0, 0.05) is 23.5 Å². The summed E-state index contributed by atoms with van der Waals surface area (Å²) in [6, 6.07) is 5.92. The summed E-state index contributed by atoms with van der Waals surface area (Å²) in [6.45, 7) is 2.15. The Morgan fingerprint density at radius 2 is 1.79 bits per heavy atom. The molecular weight excluding hydrogens is 458 g/mol. The minimum absolute atomic E-state index is 0.263. The zero-order valence-electron chi connectivity index (χ0n) is 18.1. The highest BCUT2D eigenvalue weighted by molar-refractivity contribution is 8.00. The van der Waals surface area contributed by atoms with Gasteiger partial charge in [0.1, 0.15) is 22.1 Å². The monoisotopic (exact) mass is 481 g/mol. The Balaban J connectivity index is 1.61. The largest absolute Gasteiger partial charge is 0.352 e. The lowest BCUT2D eigenvalue weighted by atomic mass is 10.1. The van der Waals surface area contributed by atoms with E-state index in [0.717, 1.165) is 73.8 Å². The summed E-state index contributed by atoms with van der Waals surface area (Å²) >= 11 is 1.59. The molecule has 1 aliphatic heterocycles. The van der Waals surface area contributed by atoms with Gasteiger partial charge in [0.05, 0.1) is 27.7 Å². The molecule has 0 fully saturated rings. The van der Waals surface area contributed by atoms with Crippen molar-refractivity contribution in [3.8, 4) is 0 Å². The molecule has 0 spiro atoms. The van der Waals surface area contributed by atoms with E-state index in [1.165, 1.54) is 0 Å². The molecule has 3 heterocycles. The predicted molar refractivity (Wildman–Crippen MR) is 130 cm³/mol. The van der Waals surface area contributed by atoms with E-state index in [1.807, 2.05) is 24.4 Å². The lowest BCUT2D eigenvalue weighted by Crippen LogP contribution is -2.08. The summed E-state index contributed by atoms with van der Waals surface area (Å²) in [6.07, 6.45) is 9.06. The van der Waals surface area contributed by atoms with E-state index in [2.05, 4.69) is 22.2 Å². The number of aromatic nitrogens is 4. The number of rotatable bonds is 7. The summed E-state index contributed by atoms with van der Waals surface area (Å²) in [5.74, 6) is -0.263. The Morgan fingerprint density at radius 3 is 2.58 bits per heavy atom. The molecular formula is C23H23N5O3S2. The highest BCUT2D eigenvalue weighted by Gasteiger charge is 2.26. The molecule has 0 amide bonds. The SMILES string of the molecule is CCCCc1cnc2c3c(c4nccnc4c2n1)Nc1cccc(CCCS(=O)(=O)O)c1S3. The predicted octanol–water partition coefficient (Wildman–Crippen LogP) is 4.94. The number of unbranched alkanes of at least 4 members (excludes halogenated alkanes) is 1. The first kappa shape index (κ1) is 22.0. The molecule has 4 aromatic rings. The van der Waals surface area contributed by atoms with Crippen molar-refractivity contribution in [3.05, 3.63) is 48.0 Å². The molecule has 0 unspecified atom stereocenters. The second-order valence-electron chi connectivity index (χ2n) is 8.03. The number of nitrogens with zero attached hydrogens (tertiary/aromatic N) is 4. The Hall–Kier alpha value is -2.82. The minimum Gasteiger partial charge on any atom is -0.352 e. The first-order valence-electron chi connectivity index (χ1n) is 10.9. The van der Waals surface area contributed by atoms with Crippen molar-refractivity contribution >= 4 is 55.3 Å². The first-order valence-corrected chi connectivity index (χ1v) is 13.3. The highest BCUT2D eigenvalue weighted by atomic mass is 32.2. The van der Waals surface area contributed by atoms with Crippen molar-refractivity contribution < 1.29 is 13.0 Å². The van der Waals surface area contributed by atoms with E-state index >= 15 is 0 Å². The Bertz CT molecular complexity index is 1470. The van der Waals surface area contributed by atoms with Gasteiger partial charge in [-0.15, -0.1) is 0 Å². The van der Waals surface area contributed by atoms with Crippen LogP contribution in [0.2, 0.25) is 0 Å². The summed E-state index contributed by atoms with van der Waals surface area (Å²) < 4.78 is 31.4. The number of anilines is 2. The molecule has 8 nitrogen and oxygen atoms in total. The van der Waals surface area contributed by atoms with Gasteiger partial charge in [0.15, 0.2) is 0 Å². The van der Waals surface area contributed by atoms with Crippen molar-refractivity contribution in [2.45, 2.75) is 48.8 Å². The van der Waals surface area contributed by atoms with Gasteiger partial charge >= 0.3 is 0 Å². The van der Waals surface area contributed by atoms with Gasteiger partial charge in [0.2, 0.25) is 0 Å². The van der Waals surface area contributed by atoms with Gasteiger partial charge in [0.25, 0.3) is 10.1 Å². The molecule has 5 rings (SSSR count). The van der Waals surface area contributed by atoms with E-state index in [0.29, 0.717) is 12.8 Å². The normalized spacial score (nSPS) is 13.0. The van der Waals surface area contributed by atoms with Gasteiger partial charge in [-0.25, -0.2) is 4.98 Å². The molecule has 0 atom stereocenters. The van der Waals surface area contributed by atoms with Crippen LogP contribution < -0.4 is 5.32 Å². The van der Waals surface area contributed by atoms with Crippen LogP contribution >= 0.6 is 11.8 Å². The van der Waals surface area contributed by atoms with Crippen LogP contribution in [-0.2, 0) is 23.0 Å². The topological polar surface area (TPSA) is 118 Å². The van der Waals surface area contributed by atoms with Gasteiger partial charge in [-0.3, -0.25) is 19.5 Å². The van der Waals surface area contributed by atoms with Crippen LogP contribution in [0.4, 0.5) is 11.4 Å². The van der Waals surface area contributed by atoms with Crippen molar-refractivity contribution in [1.82, 2.24) is 19.9 Å². The number of nitrogens with one attached hydrogen (secondary N) is 1. The maximum Gasteiger partial charge on any atom is 0.264 e. The lowest BCUT2D eigenvalue weighted by molar-refractivity contribution is 0.481. The van der Waals surface area contributed by atoms with Crippen LogP contribution in [0.5, 0.6) is 0 Å². The smallest absolute Gasteiger partial charge is 0.264 e. The molecule has 0 aliphatic carbocycles. The van der Waals surface area contributed by atoms with Crippen molar-refractivity contribution in [3.63, 3.8) is 0 Å². The number of aryl methyl sites for hydroxylation is 2. The quantitative estimate of drug-likeness (QED) is 0.246. The molecule has 0 radical (unpaired) electrons. The summed E-state index contributed by atoms with van der Waals surface area (Å²) in [5.41, 5.74) is 6.72. The maximum atomic E-state index is 11.1. The van der Waals surface area contributed by atoms with Gasteiger partial charge in [-0.1, -0.05) is 37.2 Å². The molecule has 2 aromatic heterocycles. The van der Waals surface area contributed by atoms with E-state index in [4.69, 9.17) is 14.5 Å². The van der Waals surface area contributed by atoms with Crippen molar-refractivity contribution in [1.29, 1.82) is 0 Å². The average Bonchev–Trinajstić information content (AvgIpc) is 2.81. The second-order valence-corrected chi connectivity index (χ2v) is 10.6. The van der Waals surface area contributed by atoms with Crippen LogP contribution in [0.3, 0.4) is 0 Å². The fraction of sp³-hybridized carbons (Fsp3) is 0.304. The number of hydrogen-bond acceptors (Lipinski definition) is 8. The molecule has 0 saturated heterocycles. The van der Waals surface area contributed by atoms with Gasteiger partial charge in [-0.05, 0) is 37.3 Å². The zero-order valence-corrected chi connectivity index (χ0v) is 19.7. The molecule has 1 aliphatic rings. The van der Waals surface area contributed by atoms with E-state index in [1.54, 1.807) is 24.2 Å². The van der Waals surface area contributed by atoms with Crippen molar-refractivity contribution in [2.24, 2.45) is 0 Å². The fourth-order valence-corrected chi connectivity index (χ4v) is 5.79.